The molecule has 3 nitrogen and oxygen atoms in total. The van der Waals surface area contributed by atoms with Crippen molar-refractivity contribution in [1.82, 2.24) is 0 Å². The van der Waals surface area contributed by atoms with E-state index < -0.39 is 0 Å². The van der Waals surface area contributed by atoms with E-state index in [2.05, 4.69) is 15.9 Å². The first kappa shape index (κ1) is 15.3. The van der Waals surface area contributed by atoms with Crippen LogP contribution in [0.25, 0.3) is 0 Å². The second-order valence-corrected chi connectivity index (χ2v) is 5.38. The van der Waals surface area contributed by atoms with Crippen LogP contribution in [0.3, 0.4) is 0 Å². The largest absolute Gasteiger partial charge is 0.503 e. The van der Waals surface area contributed by atoms with Crippen LogP contribution >= 0.6 is 39.7 Å². The van der Waals surface area contributed by atoms with Gasteiger partial charge in [0.25, 0.3) is 0 Å². The average Bonchev–Trinajstić information content (AvgIpc) is 2.85. The molecule has 0 aliphatic heterocycles. The molecular weight excluding hydrogens is 338 g/mol. The van der Waals surface area contributed by atoms with Gasteiger partial charge in [0, 0.05) is 4.88 Å². The first-order valence-electron chi connectivity index (χ1n) is 4.99. The molecule has 0 bridgehead atoms. The predicted molar refractivity (Wildman–Crippen MR) is 80.0 cm³/mol. The smallest absolute Gasteiger partial charge is 0.172 e. The zero-order valence-corrected chi connectivity index (χ0v) is 12.8. The lowest BCUT2D eigenvalue weighted by atomic mass is 10.1. The molecule has 0 spiro atoms. The molecule has 1 aromatic carbocycles. The maximum atomic E-state index is 9.72. The summed E-state index contributed by atoms with van der Waals surface area (Å²) in [6.07, 6.45) is 0. The van der Waals surface area contributed by atoms with E-state index in [0.717, 1.165) is 10.4 Å². The number of aromatic hydroxyl groups is 1. The second kappa shape index (κ2) is 6.43. The molecule has 2 aromatic rings. The minimum absolute atomic E-state index is 0. The third kappa shape index (κ3) is 2.98. The molecule has 1 aromatic heterocycles. The second-order valence-electron chi connectivity index (χ2n) is 3.55. The minimum Gasteiger partial charge on any atom is -0.503 e. The summed E-state index contributed by atoms with van der Waals surface area (Å²) < 4.78 is 5.68. The van der Waals surface area contributed by atoms with Gasteiger partial charge in [0.05, 0.1) is 17.6 Å². The number of methoxy groups -OCH3 is 1. The summed E-state index contributed by atoms with van der Waals surface area (Å²) in [5, 5.41) is 11.7. The van der Waals surface area contributed by atoms with Gasteiger partial charge in [0.2, 0.25) is 0 Å². The Morgan fingerprint density at radius 1 is 1.44 bits per heavy atom. The quantitative estimate of drug-likeness (QED) is 0.887. The van der Waals surface area contributed by atoms with Crippen LogP contribution < -0.4 is 10.5 Å². The Balaban J connectivity index is 0.00000162. The van der Waals surface area contributed by atoms with Crippen LogP contribution in [0.2, 0.25) is 0 Å². The summed E-state index contributed by atoms with van der Waals surface area (Å²) in [5.74, 6) is 0.510. The lowest BCUT2D eigenvalue weighted by molar-refractivity contribution is 0.371. The molecule has 2 rings (SSSR count). The predicted octanol–water partition coefficient (Wildman–Crippen LogP) is 3.69. The van der Waals surface area contributed by atoms with Gasteiger partial charge in [-0.2, -0.15) is 0 Å². The topological polar surface area (TPSA) is 55.5 Å². The zero-order valence-electron chi connectivity index (χ0n) is 9.59. The number of hydrogen-bond acceptors (Lipinski definition) is 4. The van der Waals surface area contributed by atoms with Crippen LogP contribution in [0.15, 0.2) is 34.1 Å². The van der Waals surface area contributed by atoms with E-state index >= 15 is 0 Å². The normalized spacial score (nSPS) is 11.7. The molecule has 3 N–H and O–H groups in total. The minimum atomic E-state index is -0.208. The molecule has 1 heterocycles. The fraction of sp³-hybridized carbons (Fsp3) is 0.167. The summed E-state index contributed by atoms with van der Waals surface area (Å²) >= 11 is 4.89. The number of benzene rings is 1. The van der Waals surface area contributed by atoms with E-state index in [1.807, 2.05) is 23.6 Å². The van der Waals surface area contributed by atoms with Crippen LogP contribution in [-0.4, -0.2) is 12.2 Å². The van der Waals surface area contributed by atoms with Crippen molar-refractivity contribution >= 4 is 39.7 Å². The molecule has 98 valence electrons. The lowest BCUT2D eigenvalue weighted by Gasteiger charge is -2.13. The highest BCUT2D eigenvalue weighted by Crippen LogP contribution is 2.38. The Bertz CT molecular complexity index is 519. The number of phenolic OH excluding ortho intramolecular Hbond substituents is 1. The van der Waals surface area contributed by atoms with E-state index in [1.165, 1.54) is 7.11 Å². The Hall–Kier alpha value is -0.750. The molecule has 0 amide bonds. The molecule has 0 radical (unpaired) electrons. The van der Waals surface area contributed by atoms with E-state index in [9.17, 15) is 5.11 Å². The van der Waals surface area contributed by atoms with Gasteiger partial charge >= 0.3 is 0 Å². The molecule has 18 heavy (non-hydrogen) atoms. The van der Waals surface area contributed by atoms with Gasteiger partial charge in [0.1, 0.15) is 0 Å². The molecule has 1 atom stereocenters. The van der Waals surface area contributed by atoms with Crippen molar-refractivity contribution in [3.63, 3.8) is 0 Å². The van der Waals surface area contributed by atoms with Crippen molar-refractivity contribution in [2.75, 3.05) is 7.11 Å². The monoisotopic (exact) mass is 349 g/mol. The summed E-state index contributed by atoms with van der Waals surface area (Å²) in [5.41, 5.74) is 7.05. The molecule has 6 heteroatoms. The van der Waals surface area contributed by atoms with Gasteiger partial charge < -0.3 is 15.6 Å². The highest BCUT2D eigenvalue weighted by Gasteiger charge is 2.15. The van der Waals surface area contributed by atoms with Gasteiger partial charge in [-0.3, -0.25) is 0 Å². The number of ether oxygens (including phenoxy) is 1. The summed E-state index contributed by atoms with van der Waals surface area (Å²) in [6, 6.07) is 7.31. The Morgan fingerprint density at radius 3 is 2.72 bits per heavy atom. The molecule has 0 aliphatic carbocycles. The van der Waals surface area contributed by atoms with Gasteiger partial charge in [0.15, 0.2) is 11.5 Å². The number of hydrogen-bond donors (Lipinski definition) is 2. The zero-order chi connectivity index (χ0) is 12.4. The van der Waals surface area contributed by atoms with E-state index in [-0.39, 0.29) is 24.2 Å². The molecule has 0 saturated heterocycles. The molecule has 0 fully saturated rings. The van der Waals surface area contributed by atoms with Crippen LogP contribution in [0, 0.1) is 0 Å². The van der Waals surface area contributed by atoms with Crippen molar-refractivity contribution in [2.24, 2.45) is 5.73 Å². The van der Waals surface area contributed by atoms with Gasteiger partial charge in [-0.25, -0.2) is 0 Å². The maximum absolute atomic E-state index is 9.72. The third-order valence-electron chi connectivity index (χ3n) is 2.48. The van der Waals surface area contributed by atoms with Crippen LogP contribution in [-0.2, 0) is 0 Å². The van der Waals surface area contributed by atoms with E-state index in [0.29, 0.717) is 10.2 Å². The molecular formula is C12H13BrClNO2S. The summed E-state index contributed by atoms with van der Waals surface area (Å²) in [7, 11) is 1.52. The van der Waals surface area contributed by atoms with Crippen molar-refractivity contribution in [3.05, 3.63) is 44.6 Å². The number of halogens is 2. The van der Waals surface area contributed by atoms with Crippen LogP contribution in [0.5, 0.6) is 11.5 Å². The highest BCUT2D eigenvalue weighted by atomic mass is 79.9. The van der Waals surface area contributed by atoms with E-state index in [4.69, 9.17) is 10.5 Å². The van der Waals surface area contributed by atoms with Gasteiger partial charge in [-0.15, -0.1) is 23.7 Å². The van der Waals surface area contributed by atoms with Crippen LogP contribution in [0.4, 0.5) is 0 Å². The highest BCUT2D eigenvalue weighted by molar-refractivity contribution is 9.10. The van der Waals surface area contributed by atoms with Gasteiger partial charge in [-0.1, -0.05) is 6.07 Å². The number of thiophene rings is 1. The fourth-order valence-corrected chi connectivity index (χ4v) is 2.78. The van der Waals surface area contributed by atoms with E-state index in [1.54, 1.807) is 17.4 Å². The molecule has 0 unspecified atom stereocenters. The standard InChI is InChI=1S/C12H12BrNO2S.ClH/c1-16-9-6-7(5-8(13)12(9)15)11(14)10-3-2-4-17-10;/h2-6,11,15H,14H2,1H3;1H/t11-;/m0./s1. The summed E-state index contributed by atoms with van der Waals surface area (Å²) in [4.78, 5) is 1.07. The maximum Gasteiger partial charge on any atom is 0.172 e. The SMILES string of the molecule is COc1cc([C@H](N)c2cccs2)cc(Br)c1O.Cl. The van der Waals surface area contributed by atoms with Crippen molar-refractivity contribution in [2.45, 2.75) is 6.04 Å². The number of nitrogens with two attached hydrogens (primary N) is 1. The lowest BCUT2D eigenvalue weighted by Crippen LogP contribution is -2.10. The van der Waals surface area contributed by atoms with Crippen molar-refractivity contribution < 1.29 is 9.84 Å². The average molecular weight is 351 g/mol. The fourth-order valence-electron chi connectivity index (χ4n) is 1.56. The Labute approximate surface area is 124 Å². The van der Waals surface area contributed by atoms with Gasteiger partial charge in [-0.05, 0) is 45.1 Å². The van der Waals surface area contributed by atoms with Crippen LogP contribution in [0.1, 0.15) is 16.5 Å². The number of rotatable bonds is 3. The third-order valence-corrected chi connectivity index (χ3v) is 4.04. The molecule has 0 aliphatic rings. The Morgan fingerprint density at radius 2 is 2.17 bits per heavy atom. The first-order valence-corrected chi connectivity index (χ1v) is 6.66. The van der Waals surface area contributed by atoms with Crippen molar-refractivity contribution in [1.29, 1.82) is 0 Å². The number of phenols is 1. The van der Waals surface area contributed by atoms with Crippen molar-refractivity contribution in [3.8, 4) is 11.5 Å². The first-order chi connectivity index (χ1) is 8.13. The summed E-state index contributed by atoms with van der Waals surface area (Å²) in [6.45, 7) is 0. The Kier molecular flexibility index (Phi) is 5.47. The molecule has 0 saturated carbocycles.